The van der Waals surface area contributed by atoms with E-state index in [1.54, 1.807) is 6.07 Å². The van der Waals surface area contributed by atoms with E-state index in [0.717, 1.165) is 26.2 Å². The maximum Gasteiger partial charge on any atom is 0.291 e. The van der Waals surface area contributed by atoms with Crippen LogP contribution in [-0.2, 0) is 11.2 Å². The van der Waals surface area contributed by atoms with Crippen molar-refractivity contribution in [3.63, 3.8) is 0 Å². The van der Waals surface area contributed by atoms with Gasteiger partial charge >= 0.3 is 0 Å². The van der Waals surface area contributed by atoms with E-state index in [-0.39, 0.29) is 12.1 Å². The molecule has 8 nitrogen and oxygen atoms in total. The number of nitrogens with two attached hydrogens (primary N) is 1. The summed E-state index contributed by atoms with van der Waals surface area (Å²) in [6.45, 7) is 3.42. The van der Waals surface area contributed by atoms with E-state index >= 15 is 0 Å². The quantitative estimate of drug-likeness (QED) is 0.603. The van der Waals surface area contributed by atoms with E-state index in [9.17, 15) is 14.9 Å². The van der Waals surface area contributed by atoms with Gasteiger partial charge in [0.25, 0.3) is 5.69 Å². The minimum Gasteiger partial charge on any atom is -0.369 e. The molecule has 0 unspecified atom stereocenters. The van der Waals surface area contributed by atoms with Gasteiger partial charge in [-0.25, -0.2) is 4.98 Å². The second-order valence-electron chi connectivity index (χ2n) is 4.86. The highest BCUT2D eigenvalue weighted by molar-refractivity contribution is 5.78. The van der Waals surface area contributed by atoms with E-state index in [4.69, 9.17) is 5.73 Å². The second-order valence-corrected chi connectivity index (χ2v) is 4.86. The molecule has 1 saturated heterocycles. The minimum atomic E-state index is -0.594. The number of amides is 1. The number of aromatic nitrogens is 1. The van der Waals surface area contributed by atoms with Gasteiger partial charge in [-0.1, -0.05) is 0 Å². The van der Waals surface area contributed by atoms with Crippen LogP contribution in [0.15, 0.2) is 12.3 Å². The molecule has 0 aromatic carbocycles. The molecule has 0 spiro atoms. The molecule has 0 saturated carbocycles. The molecule has 2 rings (SSSR count). The van der Waals surface area contributed by atoms with E-state index < -0.39 is 10.8 Å². The van der Waals surface area contributed by atoms with Gasteiger partial charge in [0.2, 0.25) is 5.91 Å². The van der Waals surface area contributed by atoms with Crippen molar-refractivity contribution >= 4 is 17.4 Å². The van der Waals surface area contributed by atoms with Gasteiger partial charge < -0.3 is 15.5 Å². The largest absolute Gasteiger partial charge is 0.369 e. The molecular formula is C12H17N5O3. The molecule has 108 valence electrons. The molecule has 0 aliphatic carbocycles. The number of carbonyl (C=O) groups is 1. The number of carbonyl (C=O) groups excluding carboxylic acids is 1. The Morgan fingerprint density at radius 2 is 2.10 bits per heavy atom. The van der Waals surface area contributed by atoms with Crippen LogP contribution in [0.4, 0.5) is 11.5 Å². The Hall–Kier alpha value is -2.22. The first-order valence-electron chi connectivity index (χ1n) is 6.32. The van der Waals surface area contributed by atoms with Crippen LogP contribution < -0.4 is 10.6 Å². The lowest BCUT2D eigenvalue weighted by Crippen LogP contribution is -2.44. The lowest BCUT2D eigenvalue weighted by Gasteiger charge is -2.33. The predicted molar refractivity (Wildman–Crippen MR) is 73.5 cm³/mol. The summed E-state index contributed by atoms with van der Waals surface area (Å²) >= 11 is 0. The third kappa shape index (κ3) is 3.21. The number of nitrogens with zero attached hydrogens (tertiary/aromatic N) is 4. The Kier molecular flexibility index (Phi) is 4.14. The van der Waals surface area contributed by atoms with Crippen molar-refractivity contribution in [1.29, 1.82) is 0 Å². The summed E-state index contributed by atoms with van der Waals surface area (Å²) in [6.07, 6.45) is 1.05. The molecule has 0 bridgehead atoms. The Morgan fingerprint density at radius 3 is 2.65 bits per heavy atom. The predicted octanol–water partition coefficient (Wildman–Crippen LogP) is -0.231. The second kappa shape index (κ2) is 5.83. The summed E-state index contributed by atoms with van der Waals surface area (Å²) in [5, 5.41) is 10.9. The smallest absolute Gasteiger partial charge is 0.291 e. The molecule has 1 aliphatic heterocycles. The summed E-state index contributed by atoms with van der Waals surface area (Å²) in [7, 11) is 2.04. The molecule has 0 radical (unpaired) electrons. The van der Waals surface area contributed by atoms with Gasteiger partial charge in [-0.3, -0.25) is 14.9 Å². The molecular weight excluding hydrogens is 262 g/mol. The lowest BCUT2D eigenvalue weighted by atomic mass is 10.1. The maximum atomic E-state index is 11.0. The van der Waals surface area contributed by atoms with Gasteiger partial charge in [0, 0.05) is 31.7 Å². The molecule has 1 aromatic rings. The zero-order valence-corrected chi connectivity index (χ0v) is 11.3. The number of pyridine rings is 1. The standard InChI is InChI=1S/C12H17N5O3/c1-15-2-4-16(5-3-15)12-7-9(6-11(13)18)10(8-14-12)17(19)20/h7-8H,2-6H2,1H3,(H2,13,18). The van der Waals surface area contributed by atoms with Crippen LogP contribution in [0.2, 0.25) is 0 Å². The summed E-state index contributed by atoms with van der Waals surface area (Å²) in [4.78, 5) is 29.8. The topological polar surface area (TPSA) is 106 Å². The van der Waals surface area contributed by atoms with Gasteiger partial charge in [-0.2, -0.15) is 0 Å². The Bertz CT molecular complexity index is 526. The molecule has 0 atom stereocenters. The fraction of sp³-hybridized carbons (Fsp3) is 0.500. The van der Waals surface area contributed by atoms with Crippen molar-refractivity contribution in [3.8, 4) is 0 Å². The third-order valence-electron chi connectivity index (χ3n) is 3.34. The van der Waals surface area contributed by atoms with Crippen molar-refractivity contribution in [1.82, 2.24) is 9.88 Å². The van der Waals surface area contributed by atoms with Gasteiger partial charge in [-0.05, 0) is 13.1 Å². The van der Waals surface area contributed by atoms with Gasteiger partial charge in [0.05, 0.1) is 11.3 Å². The molecule has 1 aliphatic rings. The molecule has 2 heterocycles. The zero-order chi connectivity index (χ0) is 14.7. The fourth-order valence-corrected chi connectivity index (χ4v) is 2.18. The summed E-state index contributed by atoms with van der Waals surface area (Å²) in [6, 6.07) is 1.59. The van der Waals surface area contributed by atoms with Gasteiger partial charge in [0.1, 0.15) is 12.0 Å². The Morgan fingerprint density at radius 1 is 1.45 bits per heavy atom. The molecule has 2 N–H and O–H groups in total. The third-order valence-corrected chi connectivity index (χ3v) is 3.34. The van der Waals surface area contributed by atoms with E-state index in [1.165, 1.54) is 6.20 Å². The van der Waals surface area contributed by atoms with Crippen molar-refractivity contribution in [2.75, 3.05) is 38.1 Å². The van der Waals surface area contributed by atoms with Crippen LogP contribution in [0.5, 0.6) is 0 Å². The van der Waals surface area contributed by atoms with Crippen molar-refractivity contribution in [2.24, 2.45) is 5.73 Å². The van der Waals surface area contributed by atoms with Crippen LogP contribution in [0, 0.1) is 10.1 Å². The first kappa shape index (κ1) is 14.2. The minimum absolute atomic E-state index is 0.153. The van der Waals surface area contributed by atoms with Crippen molar-refractivity contribution in [3.05, 3.63) is 27.9 Å². The number of hydrogen-bond donors (Lipinski definition) is 1. The van der Waals surface area contributed by atoms with Crippen LogP contribution in [0.25, 0.3) is 0 Å². The molecule has 20 heavy (non-hydrogen) atoms. The summed E-state index contributed by atoms with van der Waals surface area (Å²) < 4.78 is 0. The zero-order valence-electron chi connectivity index (χ0n) is 11.3. The van der Waals surface area contributed by atoms with Crippen molar-refractivity contribution < 1.29 is 9.72 Å². The first-order valence-corrected chi connectivity index (χ1v) is 6.32. The molecule has 1 fully saturated rings. The fourth-order valence-electron chi connectivity index (χ4n) is 2.18. The number of likely N-dealkylation sites (N-methyl/N-ethyl adjacent to an activating group) is 1. The molecule has 8 heteroatoms. The van der Waals surface area contributed by atoms with E-state index in [2.05, 4.69) is 9.88 Å². The maximum absolute atomic E-state index is 11.0. The highest BCUT2D eigenvalue weighted by Crippen LogP contribution is 2.23. The normalized spacial score (nSPS) is 16.1. The van der Waals surface area contributed by atoms with Crippen LogP contribution in [0.1, 0.15) is 5.56 Å². The average molecular weight is 279 g/mol. The van der Waals surface area contributed by atoms with E-state index in [0.29, 0.717) is 11.4 Å². The molecule has 1 amide bonds. The van der Waals surface area contributed by atoms with Gasteiger partial charge in [0.15, 0.2) is 0 Å². The highest BCUT2D eigenvalue weighted by atomic mass is 16.6. The molecule has 1 aromatic heterocycles. The SMILES string of the molecule is CN1CCN(c2cc(CC(N)=O)c([N+](=O)[O-])cn2)CC1. The van der Waals surface area contributed by atoms with Crippen LogP contribution in [0.3, 0.4) is 0 Å². The number of primary amides is 1. The highest BCUT2D eigenvalue weighted by Gasteiger charge is 2.21. The number of hydrogen-bond acceptors (Lipinski definition) is 6. The number of nitro groups is 1. The lowest BCUT2D eigenvalue weighted by molar-refractivity contribution is -0.385. The van der Waals surface area contributed by atoms with Crippen molar-refractivity contribution in [2.45, 2.75) is 6.42 Å². The van der Waals surface area contributed by atoms with E-state index in [1.807, 2.05) is 11.9 Å². The Balaban J connectivity index is 2.26. The monoisotopic (exact) mass is 279 g/mol. The first-order chi connectivity index (χ1) is 9.47. The number of anilines is 1. The number of rotatable bonds is 4. The average Bonchev–Trinajstić information content (AvgIpc) is 2.38. The number of piperazine rings is 1. The van der Waals surface area contributed by atoms with Gasteiger partial charge in [-0.15, -0.1) is 0 Å². The Labute approximate surface area is 116 Å². The van der Waals surface area contributed by atoms with Crippen LogP contribution in [-0.4, -0.2) is 53.9 Å². The summed E-state index contributed by atoms with van der Waals surface area (Å²) in [5.74, 6) is 0.0589. The summed E-state index contributed by atoms with van der Waals surface area (Å²) in [5.41, 5.74) is 5.28. The van der Waals surface area contributed by atoms with Crippen LogP contribution >= 0.6 is 0 Å².